The Bertz CT molecular complexity index is 452. The summed E-state index contributed by atoms with van der Waals surface area (Å²) in [5.74, 6) is -0.275. The molecule has 1 fully saturated rings. The molecule has 2 N–H and O–H groups in total. The van der Waals surface area contributed by atoms with Crippen molar-refractivity contribution >= 4 is 5.91 Å². The van der Waals surface area contributed by atoms with Crippen molar-refractivity contribution in [3.63, 3.8) is 0 Å². The molecule has 1 aliphatic heterocycles. The number of nitrogens with two attached hydrogens (primary N) is 1. The van der Waals surface area contributed by atoms with Gasteiger partial charge in [-0.1, -0.05) is 18.2 Å². The first-order chi connectivity index (χ1) is 9.06. The Labute approximate surface area is 113 Å². The third kappa shape index (κ3) is 3.75. The van der Waals surface area contributed by atoms with E-state index in [1.807, 2.05) is 4.90 Å². The smallest absolute Gasteiger partial charge is 0.236 e. The predicted octanol–water partition coefficient (Wildman–Crippen LogP) is 0.817. The lowest BCUT2D eigenvalue weighted by Crippen LogP contribution is -2.38. The van der Waals surface area contributed by atoms with Gasteiger partial charge in [-0.2, -0.15) is 0 Å². The van der Waals surface area contributed by atoms with E-state index < -0.39 is 0 Å². The summed E-state index contributed by atoms with van der Waals surface area (Å²) in [6.45, 7) is 2.28. The fraction of sp³-hybridized carbons (Fsp3) is 0.500. The number of halogens is 1. The summed E-state index contributed by atoms with van der Waals surface area (Å²) in [4.78, 5) is 15.6. The molecule has 1 amide bonds. The van der Waals surface area contributed by atoms with Crippen LogP contribution in [0.5, 0.6) is 0 Å². The van der Waals surface area contributed by atoms with Gasteiger partial charge < -0.3 is 10.6 Å². The fourth-order valence-corrected chi connectivity index (χ4v) is 2.29. The van der Waals surface area contributed by atoms with E-state index in [0.717, 1.165) is 19.5 Å². The molecule has 2 rings (SSSR count). The maximum absolute atomic E-state index is 13.5. The van der Waals surface area contributed by atoms with Crippen LogP contribution in [0.2, 0.25) is 0 Å². The van der Waals surface area contributed by atoms with Gasteiger partial charge in [0.05, 0.1) is 6.54 Å². The highest BCUT2D eigenvalue weighted by atomic mass is 19.1. The molecule has 0 aliphatic carbocycles. The second kappa shape index (κ2) is 6.12. The second-order valence-electron chi connectivity index (χ2n) is 5.13. The standard InChI is InChI=1S/C14H20FN3O/c1-17(8-11-4-2-3-5-13(11)15)14(19)10-18-7-6-12(16)9-18/h2-5,12H,6-10,16H2,1H3/t12-/m1/s1. The van der Waals surface area contributed by atoms with Gasteiger partial charge in [-0.3, -0.25) is 9.69 Å². The lowest BCUT2D eigenvalue weighted by molar-refractivity contribution is -0.131. The number of rotatable bonds is 4. The molecule has 5 heteroatoms. The van der Waals surface area contributed by atoms with Gasteiger partial charge >= 0.3 is 0 Å². The van der Waals surface area contributed by atoms with Crippen molar-refractivity contribution < 1.29 is 9.18 Å². The van der Waals surface area contributed by atoms with Crippen LogP contribution in [0.4, 0.5) is 4.39 Å². The van der Waals surface area contributed by atoms with Gasteiger partial charge in [-0.15, -0.1) is 0 Å². The number of nitrogens with zero attached hydrogens (tertiary/aromatic N) is 2. The Hall–Kier alpha value is -1.46. The van der Waals surface area contributed by atoms with E-state index in [1.54, 1.807) is 30.1 Å². The van der Waals surface area contributed by atoms with E-state index in [0.29, 0.717) is 18.7 Å². The zero-order valence-corrected chi connectivity index (χ0v) is 11.2. The third-order valence-corrected chi connectivity index (χ3v) is 3.46. The van der Waals surface area contributed by atoms with Gasteiger partial charge in [0.15, 0.2) is 0 Å². The Kier molecular flexibility index (Phi) is 4.50. The number of likely N-dealkylation sites (tertiary alicyclic amines) is 1. The van der Waals surface area contributed by atoms with Crippen LogP contribution in [-0.4, -0.2) is 48.4 Å². The number of amides is 1. The first-order valence-corrected chi connectivity index (χ1v) is 6.51. The molecule has 0 unspecified atom stereocenters. The van der Waals surface area contributed by atoms with Crippen LogP contribution in [0.25, 0.3) is 0 Å². The molecule has 1 heterocycles. The molecule has 1 aliphatic rings. The van der Waals surface area contributed by atoms with Crippen LogP contribution in [0.3, 0.4) is 0 Å². The summed E-state index contributed by atoms with van der Waals surface area (Å²) in [6.07, 6.45) is 0.935. The molecule has 0 bridgehead atoms. The van der Waals surface area contributed by atoms with Crippen molar-refractivity contribution in [3.05, 3.63) is 35.6 Å². The molecule has 19 heavy (non-hydrogen) atoms. The molecule has 0 saturated carbocycles. The van der Waals surface area contributed by atoms with Crippen LogP contribution in [0.15, 0.2) is 24.3 Å². The molecule has 1 saturated heterocycles. The molecule has 0 radical (unpaired) electrons. The minimum absolute atomic E-state index is 0.00245. The number of carbonyl (C=O) groups is 1. The van der Waals surface area contributed by atoms with Crippen LogP contribution >= 0.6 is 0 Å². The molecule has 104 valence electrons. The number of hydrogen-bond acceptors (Lipinski definition) is 3. The largest absolute Gasteiger partial charge is 0.340 e. The fourth-order valence-electron chi connectivity index (χ4n) is 2.29. The average molecular weight is 265 g/mol. The van der Waals surface area contributed by atoms with Crippen LogP contribution in [-0.2, 0) is 11.3 Å². The molecule has 1 aromatic rings. The van der Waals surface area contributed by atoms with Crippen molar-refractivity contribution in [3.8, 4) is 0 Å². The summed E-state index contributed by atoms with van der Waals surface area (Å²) < 4.78 is 13.5. The molecule has 4 nitrogen and oxygen atoms in total. The van der Waals surface area contributed by atoms with Gasteiger partial charge in [0.1, 0.15) is 5.82 Å². The van der Waals surface area contributed by atoms with E-state index in [-0.39, 0.29) is 17.8 Å². The number of hydrogen-bond donors (Lipinski definition) is 1. The Morgan fingerprint density at radius 3 is 2.89 bits per heavy atom. The Balaban J connectivity index is 1.87. The maximum atomic E-state index is 13.5. The Morgan fingerprint density at radius 1 is 1.53 bits per heavy atom. The van der Waals surface area contributed by atoms with Gasteiger partial charge in [-0.05, 0) is 12.5 Å². The Morgan fingerprint density at radius 2 is 2.26 bits per heavy atom. The third-order valence-electron chi connectivity index (χ3n) is 3.46. The van der Waals surface area contributed by atoms with Crippen molar-refractivity contribution in [1.82, 2.24) is 9.80 Å². The second-order valence-corrected chi connectivity index (χ2v) is 5.13. The van der Waals surface area contributed by atoms with Gasteiger partial charge in [0, 0.05) is 38.3 Å². The van der Waals surface area contributed by atoms with E-state index in [2.05, 4.69) is 0 Å². The zero-order valence-electron chi connectivity index (χ0n) is 11.2. The highest BCUT2D eigenvalue weighted by Crippen LogP contribution is 2.10. The lowest BCUT2D eigenvalue weighted by Gasteiger charge is -2.21. The van der Waals surface area contributed by atoms with E-state index in [4.69, 9.17) is 5.73 Å². The highest BCUT2D eigenvalue weighted by molar-refractivity contribution is 5.78. The summed E-state index contributed by atoms with van der Waals surface area (Å²) in [6, 6.07) is 6.70. The maximum Gasteiger partial charge on any atom is 0.236 e. The molecule has 1 aromatic carbocycles. The van der Waals surface area contributed by atoms with Crippen molar-refractivity contribution in [2.45, 2.75) is 19.0 Å². The van der Waals surface area contributed by atoms with Crippen molar-refractivity contribution in [2.75, 3.05) is 26.7 Å². The van der Waals surface area contributed by atoms with Gasteiger partial charge in [0.2, 0.25) is 5.91 Å². The average Bonchev–Trinajstić information content (AvgIpc) is 2.77. The number of benzene rings is 1. The van der Waals surface area contributed by atoms with Crippen LogP contribution < -0.4 is 5.73 Å². The summed E-state index contributed by atoms with van der Waals surface area (Å²) in [7, 11) is 1.70. The highest BCUT2D eigenvalue weighted by Gasteiger charge is 2.22. The SMILES string of the molecule is CN(Cc1ccccc1F)C(=O)CN1CC[C@@H](N)C1. The van der Waals surface area contributed by atoms with Crippen molar-refractivity contribution in [2.24, 2.45) is 5.73 Å². The molecule has 0 spiro atoms. The number of likely N-dealkylation sites (N-methyl/N-ethyl adjacent to an activating group) is 1. The normalized spacial score (nSPS) is 19.6. The van der Waals surface area contributed by atoms with E-state index >= 15 is 0 Å². The van der Waals surface area contributed by atoms with E-state index in [9.17, 15) is 9.18 Å². The minimum atomic E-state index is -0.273. The predicted molar refractivity (Wildman–Crippen MR) is 71.9 cm³/mol. The van der Waals surface area contributed by atoms with Crippen LogP contribution in [0.1, 0.15) is 12.0 Å². The molecular formula is C14H20FN3O. The van der Waals surface area contributed by atoms with Gasteiger partial charge in [-0.25, -0.2) is 4.39 Å². The lowest BCUT2D eigenvalue weighted by atomic mass is 10.2. The summed E-state index contributed by atoms with van der Waals surface area (Å²) in [5.41, 5.74) is 6.34. The van der Waals surface area contributed by atoms with Crippen molar-refractivity contribution in [1.29, 1.82) is 0 Å². The minimum Gasteiger partial charge on any atom is -0.340 e. The summed E-state index contributed by atoms with van der Waals surface area (Å²) in [5, 5.41) is 0. The summed E-state index contributed by atoms with van der Waals surface area (Å²) >= 11 is 0. The van der Waals surface area contributed by atoms with Gasteiger partial charge in [0.25, 0.3) is 0 Å². The first-order valence-electron chi connectivity index (χ1n) is 6.51. The molecular weight excluding hydrogens is 245 g/mol. The first kappa shape index (κ1) is 14.0. The van der Waals surface area contributed by atoms with E-state index in [1.165, 1.54) is 6.07 Å². The topological polar surface area (TPSA) is 49.6 Å². The number of carbonyl (C=O) groups excluding carboxylic acids is 1. The monoisotopic (exact) mass is 265 g/mol. The quantitative estimate of drug-likeness (QED) is 0.877. The molecule has 1 atom stereocenters. The molecule has 0 aromatic heterocycles. The zero-order chi connectivity index (χ0) is 13.8. The van der Waals surface area contributed by atoms with Crippen LogP contribution in [0, 0.1) is 5.82 Å².